The van der Waals surface area contributed by atoms with Gasteiger partial charge >= 0.3 is 0 Å². The molecule has 1 aromatic carbocycles. The molecule has 0 saturated heterocycles. The third kappa shape index (κ3) is 4.25. The molecule has 0 spiro atoms. The number of nitrogens with one attached hydrogen (secondary N) is 2. The van der Waals surface area contributed by atoms with Gasteiger partial charge in [0.15, 0.2) is 6.61 Å². The van der Waals surface area contributed by atoms with Gasteiger partial charge in [-0.2, -0.15) is 0 Å². The van der Waals surface area contributed by atoms with Crippen LogP contribution in [0.2, 0.25) is 0 Å². The van der Waals surface area contributed by atoms with Gasteiger partial charge in [0, 0.05) is 18.0 Å². The fourth-order valence-corrected chi connectivity index (χ4v) is 4.80. The third-order valence-electron chi connectivity index (χ3n) is 4.78. The first kappa shape index (κ1) is 18.7. The van der Waals surface area contributed by atoms with E-state index in [4.69, 9.17) is 4.74 Å². The maximum absolute atomic E-state index is 12.0. The predicted molar refractivity (Wildman–Crippen MR) is 112 cm³/mol. The lowest BCUT2D eigenvalue weighted by atomic mass is 9.97. The summed E-state index contributed by atoms with van der Waals surface area (Å²) in [4.78, 5) is 23.7. The summed E-state index contributed by atoms with van der Waals surface area (Å²) in [6, 6.07) is 9.34. The number of ether oxygens (including phenoxy) is 1. The van der Waals surface area contributed by atoms with Crippen LogP contribution in [0.1, 0.15) is 29.1 Å². The van der Waals surface area contributed by atoms with Gasteiger partial charge in [-0.3, -0.25) is 4.79 Å². The Balaban J connectivity index is 1.33. The van der Waals surface area contributed by atoms with E-state index in [1.54, 1.807) is 11.3 Å². The lowest BCUT2D eigenvalue weighted by Gasteiger charge is -2.13. The zero-order valence-corrected chi connectivity index (χ0v) is 16.8. The summed E-state index contributed by atoms with van der Waals surface area (Å²) in [5, 5.41) is 7.44. The Hall–Kier alpha value is -2.67. The van der Waals surface area contributed by atoms with E-state index in [1.165, 1.54) is 28.7 Å². The summed E-state index contributed by atoms with van der Waals surface area (Å²) in [5.74, 6) is 2.21. The molecule has 0 saturated carbocycles. The van der Waals surface area contributed by atoms with Crippen LogP contribution >= 0.6 is 11.3 Å². The van der Waals surface area contributed by atoms with E-state index < -0.39 is 0 Å². The summed E-state index contributed by atoms with van der Waals surface area (Å²) >= 11 is 1.80. The van der Waals surface area contributed by atoms with Crippen molar-refractivity contribution in [2.24, 2.45) is 0 Å². The second-order valence-corrected chi connectivity index (χ2v) is 7.97. The molecule has 4 rings (SSSR count). The van der Waals surface area contributed by atoms with Gasteiger partial charge in [0.2, 0.25) is 0 Å². The first-order valence-corrected chi connectivity index (χ1v) is 10.5. The van der Waals surface area contributed by atoms with Crippen LogP contribution in [0.5, 0.6) is 5.75 Å². The summed E-state index contributed by atoms with van der Waals surface area (Å²) in [5.41, 5.74) is 1.41. The summed E-state index contributed by atoms with van der Waals surface area (Å²) in [6.45, 7) is 3.05. The number of aromatic nitrogens is 2. The number of fused-ring (bicyclic) bond motifs is 3. The number of hydrogen-bond acceptors (Lipinski definition) is 6. The normalized spacial score (nSPS) is 13.2. The van der Waals surface area contributed by atoms with Gasteiger partial charge in [0.25, 0.3) is 5.91 Å². The number of carbonyl (C=O) groups excluding carboxylic acids is 1. The van der Waals surface area contributed by atoms with E-state index >= 15 is 0 Å². The highest BCUT2D eigenvalue weighted by molar-refractivity contribution is 7.19. The number of anilines is 1. The van der Waals surface area contributed by atoms with Gasteiger partial charge in [-0.25, -0.2) is 9.97 Å². The van der Waals surface area contributed by atoms with Crippen LogP contribution in [0.15, 0.2) is 30.3 Å². The molecule has 146 valence electrons. The van der Waals surface area contributed by atoms with E-state index in [9.17, 15) is 4.79 Å². The number of para-hydroxylation sites is 1. The second kappa shape index (κ2) is 8.56. The van der Waals surface area contributed by atoms with Crippen molar-refractivity contribution in [3.63, 3.8) is 0 Å². The van der Waals surface area contributed by atoms with Crippen molar-refractivity contribution >= 4 is 33.3 Å². The molecule has 0 fully saturated rings. The zero-order chi connectivity index (χ0) is 19.3. The van der Waals surface area contributed by atoms with Gasteiger partial charge in [-0.15, -0.1) is 11.3 Å². The standard InChI is InChI=1S/C21H24N4O2S/c1-14-24-20(19-16-9-5-6-10-17(16)28-21(19)25-14)23-12-11-22-18(26)13-27-15-7-3-2-4-8-15/h2-4,7-8H,5-6,9-13H2,1H3,(H,22,26)(H,23,24,25). The monoisotopic (exact) mass is 396 g/mol. The molecule has 0 unspecified atom stereocenters. The highest BCUT2D eigenvalue weighted by Crippen LogP contribution is 2.38. The molecule has 0 bridgehead atoms. The Morgan fingerprint density at radius 2 is 1.96 bits per heavy atom. The third-order valence-corrected chi connectivity index (χ3v) is 5.96. The number of rotatable bonds is 7. The zero-order valence-electron chi connectivity index (χ0n) is 16.0. The molecule has 1 aliphatic rings. The minimum absolute atomic E-state index is 0.0128. The van der Waals surface area contributed by atoms with Crippen molar-refractivity contribution in [1.29, 1.82) is 0 Å². The summed E-state index contributed by atoms with van der Waals surface area (Å²) in [7, 11) is 0. The molecule has 1 aliphatic carbocycles. The van der Waals surface area contributed by atoms with Crippen LogP contribution in [0.3, 0.4) is 0 Å². The van der Waals surface area contributed by atoms with Gasteiger partial charge in [-0.1, -0.05) is 18.2 Å². The lowest BCUT2D eigenvalue weighted by molar-refractivity contribution is -0.123. The predicted octanol–water partition coefficient (Wildman–Crippen LogP) is 3.49. The van der Waals surface area contributed by atoms with E-state index in [1.807, 2.05) is 37.3 Å². The minimum atomic E-state index is -0.136. The van der Waals surface area contributed by atoms with Crippen LogP contribution in [-0.2, 0) is 17.6 Å². The second-order valence-electron chi connectivity index (χ2n) is 6.89. The smallest absolute Gasteiger partial charge is 0.258 e. The highest BCUT2D eigenvalue weighted by atomic mass is 32.1. The molecule has 0 aliphatic heterocycles. The molecule has 2 heterocycles. The minimum Gasteiger partial charge on any atom is -0.484 e. The van der Waals surface area contributed by atoms with Crippen molar-refractivity contribution < 1.29 is 9.53 Å². The van der Waals surface area contributed by atoms with Crippen LogP contribution in [0.4, 0.5) is 5.82 Å². The van der Waals surface area contributed by atoms with Gasteiger partial charge < -0.3 is 15.4 Å². The van der Waals surface area contributed by atoms with Crippen molar-refractivity contribution in [2.45, 2.75) is 32.6 Å². The van der Waals surface area contributed by atoms with Crippen molar-refractivity contribution in [3.05, 3.63) is 46.6 Å². The Kier molecular flexibility index (Phi) is 5.71. The fourth-order valence-electron chi connectivity index (χ4n) is 3.49. The van der Waals surface area contributed by atoms with Gasteiger partial charge in [-0.05, 0) is 50.3 Å². The van der Waals surface area contributed by atoms with Gasteiger partial charge in [0.1, 0.15) is 22.2 Å². The van der Waals surface area contributed by atoms with Gasteiger partial charge in [0.05, 0.1) is 5.39 Å². The molecular weight excluding hydrogens is 372 g/mol. The average molecular weight is 397 g/mol. The number of carbonyl (C=O) groups is 1. The molecule has 3 aromatic rings. The molecule has 0 radical (unpaired) electrons. The Labute approximate surface area is 168 Å². The van der Waals surface area contributed by atoms with E-state index in [0.717, 1.165) is 29.3 Å². The number of aryl methyl sites for hydroxylation is 3. The summed E-state index contributed by atoms with van der Waals surface area (Å²) in [6.07, 6.45) is 4.73. The maximum atomic E-state index is 12.0. The van der Waals surface area contributed by atoms with E-state index in [2.05, 4.69) is 20.6 Å². The number of nitrogens with zero attached hydrogens (tertiary/aromatic N) is 2. The SMILES string of the molecule is Cc1nc(NCCNC(=O)COc2ccccc2)c2c3c(sc2n1)CCCC3. The quantitative estimate of drug-likeness (QED) is 0.598. The topological polar surface area (TPSA) is 76.1 Å². The molecule has 6 nitrogen and oxygen atoms in total. The molecule has 1 amide bonds. The van der Waals surface area contributed by atoms with E-state index in [0.29, 0.717) is 18.8 Å². The molecule has 2 N–H and O–H groups in total. The van der Waals surface area contributed by atoms with Crippen LogP contribution in [-0.4, -0.2) is 35.6 Å². The van der Waals surface area contributed by atoms with Crippen molar-refractivity contribution in [1.82, 2.24) is 15.3 Å². The highest BCUT2D eigenvalue weighted by Gasteiger charge is 2.20. The molecule has 7 heteroatoms. The molecular formula is C21H24N4O2S. The number of hydrogen-bond donors (Lipinski definition) is 2. The fraction of sp³-hybridized carbons (Fsp3) is 0.381. The first-order chi connectivity index (χ1) is 13.7. The van der Waals surface area contributed by atoms with Crippen molar-refractivity contribution in [3.8, 4) is 5.75 Å². The lowest BCUT2D eigenvalue weighted by Crippen LogP contribution is -2.32. The van der Waals surface area contributed by atoms with Crippen LogP contribution in [0, 0.1) is 6.92 Å². The maximum Gasteiger partial charge on any atom is 0.258 e. The number of benzene rings is 1. The number of thiophene rings is 1. The van der Waals surface area contributed by atoms with Crippen LogP contribution in [0.25, 0.3) is 10.2 Å². The largest absolute Gasteiger partial charge is 0.484 e. The Bertz CT molecular complexity index is 971. The molecule has 28 heavy (non-hydrogen) atoms. The summed E-state index contributed by atoms with van der Waals surface area (Å²) < 4.78 is 5.46. The van der Waals surface area contributed by atoms with Crippen LogP contribution < -0.4 is 15.4 Å². The average Bonchev–Trinajstić information content (AvgIpc) is 3.08. The first-order valence-electron chi connectivity index (χ1n) is 9.68. The van der Waals surface area contributed by atoms with E-state index in [-0.39, 0.29) is 12.5 Å². The molecule has 0 atom stereocenters. The Morgan fingerprint density at radius 1 is 1.14 bits per heavy atom. The molecule has 2 aromatic heterocycles. The Morgan fingerprint density at radius 3 is 2.82 bits per heavy atom. The number of amides is 1. The van der Waals surface area contributed by atoms with Crippen molar-refractivity contribution in [2.75, 3.05) is 25.0 Å².